The van der Waals surface area contributed by atoms with E-state index in [1.165, 1.54) is 6.07 Å². The Morgan fingerprint density at radius 2 is 1.89 bits per heavy atom. The Kier molecular flexibility index (Phi) is 7.64. The highest BCUT2D eigenvalue weighted by atomic mass is 35.5. The van der Waals surface area contributed by atoms with E-state index in [4.69, 9.17) is 5.73 Å². The number of nitrogens with one attached hydrogen (secondary N) is 1. The maximum Gasteiger partial charge on any atom is 0.224 e. The van der Waals surface area contributed by atoms with Crippen LogP contribution in [0.5, 0.6) is 0 Å². The van der Waals surface area contributed by atoms with Crippen molar-refractivity contribution in [2.45, 2.75) is 38.6 Å². The third kappa shape index (κ3) is 5.57. The molecular weight excluding hydrogens is 267 g/mol. The van der Waals surface area contributed by atoms with Gasteiger partial charge in [-0.05, 0) is 24.5 Å². The summed E-state index contributed by atoms with van der Waals surface area (Å²) in [6.45, 7) is 4.41. The molecule has 1 amide bonds. The molecule has 108 valence electrons. The van der Waals surface area contributed by atoms with Gasteiger partial charge in [-0.3, -0.25) is 4.79 Å². The van der Waals surface area contributed by atoms with Crippen molar-refractivity contribution in [1.29, 1.82) is 0 Å². The molecule has 0 atom stereocenters. The molecule has 0 radical (unpaired) electrons. The fourth-order valence-corrected chi connectivity index (χ4v) is 1.65. The second-order valence-corrected chi connectivity index (χ2v) is 4.61. The molecule has 0 aromatic heterocycles. The maximum atomic E-state index is 13.4. The number of amides is 1. The maximum absolute atomic E-state index is 13.4. The molecule has 1 aromatic carbocycles. The molecule has 0 saturated heterocycles. The first-order valence-electron chi connectivity index (χ1n) is 6.29. The fraction of sp³-hybridized carbons (Fsp3) is 0.500. The van der Waals surface area contributed by atoms with E-state index >= 15 is 0 Å². The summed E-state index contributed by atoms with van der Waals surface area (Å²) in [6.07, 6.45) is 1.64. The molecule has 0 saturated carbocycles. The molecule has 0 fully saturated rings. The summed E-state index contributed by atoms with van der Waals surface area (Å²) < 4.78 is 13.4. The van der Waals surface area contributed by atoms with Crippen LogP contribution in [0.2, 0.25) is 0 Å². The normalized spacial score (nSPS) is 10.7. The van der Waals surface area contributed by atoms with E-state index in [1.807, 2.05) is 13.8 Å². The van der Waals surface area contributed by atoms with Gasteiger partial charge in [-0.15, -0.1) is 12.4 Å². The number of hydrogen-bond acceptors (Lipinski definition) is 2. The van der Waals surface area contributed by atoms with Crippen LogP contribution in [0, 0.1) is 5.82 Å². The van der Waals surface area contributed by atoms with Gasteiger partial charge in [0.25, 0.3) is 0 Å². The van der Waals surface area contributed by atoms with Crippen LogP contribution >= 0.6 is 12.4 Å². The molecule has 0 unspecified atom stereocenters. The molecule has 0 bridgehead atoms. The highest BCUT2D eigenvalue weighted by Crippen LogP contribution is 2.10. The van der Waals surface area contributed by atoms with Gasteiger partial charge in [0.15, 0.2) is 0 Å². The van der Waals surface area contributed by atoms with Crippen molar-refractivity contribution in [2.24, 2.45) is 5.73 Å². The average molecular weight is 289 g/mol. The molecule has 1 aromatic rings. The third-order valence-electron chi connectivity index (χ3n) is 3.35. The van der Waals surface area contributed by atoms with E-state index in [9.17, 15) is 9.18 Å². The van der Waals surface area contributed by atoms with Gasteiger partial charge < -0.3 is 11.1 Å². The summed E-state index contributed by atoms with van der Waals surface area (Å²) in [4.78, 5) is 11.7. The smallest absolute Gasteiger partial charge is 0.224 e. The summed E-state index contributed by atoms with van der Waals surface area (Å²) in [7, 11) is 0. The summed E-state index contributed by atoms with van der Waals surface area (Å²) in [5, 5.41) is 2.77. The first-order chi connectivity index (χ1) is 8.50. The van der Waals surface area contributed by atoms with Crippen LogP contribution in [-0.2, 0) is 11.2 Å². The minimum Gasteiger partial charge on any atom is -0.354 e. The lowest BCUT2D eigenvalue weighted by Crippen LogP contribution is -2.49. The molecule has 3 N–H and O–H groups in total. The first-order valence-corrected chi connectivity index (χ1v) is 6.29. The number of rotatable bonds is 6. The van der Waals surface area contributed by atoms with E-state index in [1.54, 1.807) is 18.2 Å². The van der Waals surface area contributed by atoms with E-state index in [0.29, 0.717) is 12.1 Å². The van der Waals surface area contributed by atoms with Crippen molar-refractivity contribution in [1.82, 2.24) is 5.32 Å². The Balaban J connectivity index is 0.00000324. The number of hydrogen-bond donors (Lipinski definition) is 2. The molecule has 0 heterocycles. The lowest BCUT2D eigenvalue weighted by molar-refractivity contribution is -0.120. The van der Waals surface area contributed by atoms with Crippen LogP contribution in [0.4, 0.5) is 4.39 Å². The number of benzene rings is 1. The summed E-state index contributed by atoms with van der Waals surface area (Å²) in [5.74, 6) is -0.547. The van der Waals surface area contributed by atoms with Gasteiger partial charge >= 0.3 is 0 Å². The second-order valence-electron chi connectivity index (χ2n) is 4.61. The minimum absolute atomic E-state index is 0. The van der Waals surface area contributed by atoms with Crippen LogP contribution < -0.4 is 11.1 Å². The van der Waals surface area contributed by atoms with Crippen molar-refractivity contribution in [3.8, 4) is 0 Å². The highest BCUT2D eigenvalue weighted by molar-refractivity contribution is 5.85. The van der Waals surface area contributed by atoms with Crippen LogP contribution in [0.1, 0.15) is 32.3 Å². The standard InChI is InChI=1S/C14H21FN2O.ClH/c1-3-14(16,4-2)10-17-13(18)9-11-7-5-6-8-12(11)15;/h5-8H,3-4,9-10,16H2,1-2H3,(H,17,18);1H. The molecule has 5 heteroatoms. The Hall–Kier alpha value is -1.13. The number of nitrogens with two attached hydrogens (primary N) is 1. The predicted molar refractivity (Wildman–Crippen MR) is 77.9 cm³/mol. The van der Waals surface area contributed by atoms with Crippen molar-refractivity contribution < 1.29 is 9.18 Å². The van der Waals surface area contributed by atoms with E-state index < -0.39 is 0 Å². The van der Waals surface area contributed by atoms with Crippen LogP contribution in [0.25, 0.3) is 0 Å². The number of carbonyl (C=O) groups is 1. The SMILES string of the molecule is CCC(N)(CC)CNC(=O)Cc1ccccc1F.Cl. The lowest BCUT2D eigenvalue weighted by Gasteiger charge is -2.26. The molecule has 0 spiro atoms. The van der Waals surface area contributed by atoms with Crippen molar-refractivity contribution in [2.75, 3.05) is 6.54 Å². The van der Waals surface area contributed by atoms with Crippen molar-refractivity contribution in [3.63, 3.8) is 0 Å². The quantitative estimate of drug-likeness (QED) is 0.845. The summed E-state index contributed by atoms with van der Waals surface area (Å²) in [6, 6.07) is 6.30. The zero-order valence-electron chi connectivity index (χ0n) is 11.4. The van der Waals surface area contributed by atoms with Crippen LogP contribution in [-0.4, -0.2) is 18.0 Å². The van der Waals surface area contributed by atoms with Crippen molar-refractivity contribution in [3.05, 3.63) is 35.6 Å². The minimum atomic E-state index is -0.370. The zero-order valence-corrected chi connectivity index (χ0v) is 12.2. The van der Waals surface area contributed by atoms with Gasteiger partial charge in [-0.1, -0.05) is 32.0 Å². The predicted octanol–water partition coefficient (Wildman–Crippen LogP) is 2.42. The Morgan fingerprint density at radius 1 is 1.32 bits per heavy atom. The van der Waals surface area contributed by atoms with Gasteiger partial charge in [0.05, 0.1) is 6.42 Å². The molecule has 0 aliphatic heterocycles. The Bertz CT molecular complexity index is 408. The Labute approximate surface area is 120 Å². The number of halogens is 2. The third-order valence-corrected chi connectivity index (χ3v) is 3.35. The summed E-state index contributed by atoms with van der Waals surface area (Å²) in [5.41, 5.74) is 6.12. The first kappa shape index (κ1) is 17.9. The molecule has 1 rings (SSSR count). The van der Waals surface area contributed by atoms with E-state index in [0.717, 1.165) is 12.8 Å². The van der Waals surface area contributed by atoms with Gasteiger partial charge in [-0.2, -0.15) is 0 Å². The van der Waals surface area contributed by atoms with Gasteiger partial charge in [0.1, 0.15) is 5.82 Å². The van der Waals surface area contributed by atoms with E-state index in [2.05, 4.69) is 5.32 Å². The van der Waals surface area contributed by atoms with Crippen molar-refractivity contribution >= 4 is 18.3 Å². The van der Waals surface area contributed by atoms with Crippen LogP contribution in [0.15, 0.2) is 24.3 Å². The molecule has 19 heavy (non-hydrogen) atoms. The highest BCUT2D eigenvalue weighted by Gasteiger charge is 2.21. The molecule has 0 aliphatic carbocycles. The average Bonchev–Trinajstić information content (AvgIpc) is 2.39. The largest absolute Gasteiger partial charge is 0.354 e. The topological polar surface area (TPSA) is 55.1 Å². The monoisotopic (exact) mass is 288 g/mol. The van der Waals surface area contributed by atoms with Gasteiger partial charge in [0.2, 0.25) is 5.91 Å². The second kappa shape index (κ2) is 8.12. The van der Waals surface area contributed by atoms with Gasteiger partial charge in [-0.25, -0.2) is 4.39 Å². The number of carbonyl (C=O) groups excluding carboxylic acids is 1. The molecular formula is C14H22ClFN2O. The molecule has 0 aliphatic rings. The van der Waals surface area contributed by atoms with Crippen LogP contribution in [0.3, 0.4) is 0 Å². The molecule has 3 nitrogen and oxygen atoms in total. The lowest BCUT2D eigenvalue weighted by atomic mass is 9.94. The fourth-order valence-electron chi connectivity index (χ4n) is 1.65. The van der Waals surface area contributed by atoms with Gasteiger partial charge in [0, 0.05) is 12.1 Å². The summed E-state index contributed by atoms with van der Waals surface area (Å²) >= 11 is 0. The van der Waals surface area contributed by atoms with E-state index in [-0.39, 0.29) is 36.1 Å². The zero-order chi connectivity index (χ0) is 13.6. The Morgan fingerprint density at radius 3 is 2.42 bits per heavy atom.